The lowest BCUT2D eigenvalue weighted by atomic mass is 10.2. The Hall–Kier alpha value is -2.19. The van der Waals surface area contributed by atoms with E-state index in [1.807, 2.05) is 6.92 Å². The number of nitrogen functional groups attached to an aromatic ring is 1. The lowest BCUT2D eigenvalue weighted by molar-refractivity contribution is 0.0956. The maximum absolute atomic E-state index is 11.8. The average molecular weight is 294 g/mol. The van der Waals surface area contributed by atoms with Crippen molar-refractivity contribution in [1.29, 1.82) is 0 Å². The van der Waals surface area contributed by atoms with Gasteiger partial charge in [0.1, 0.15) is 0 Å². The topological polar surface area (TPSA) is 110 Å². The number of thiophene rings is 1. The zero-order valence-electron chi connectivity index (χ0n) is 10.8. The van der Waals surface area contributed by atoms with E-state index in [0.717, 1.165) is 0 Å². The number of hydrazine groups is 1. The van der Waals surface area contributed by atoms with Gasteiger partial charge in [-0.25, -0.2) is 10.6 Å². The monoisotopic (exact) mass is 294 g/mol. The van der Waals surface area contributed by atoms with Crippen LogP contribution in [0.25, 0.3) is 0 Å². The summed E-state index contributed by atoms with van der Waals surface area (Å²) in [7, 11) is 0. The van der Waals surface area contributed by atoms with Crippen molar-refractivity contribution in [2.75, 3.05) is 0 Å². The predicted molar refractivity (Wildman–Crippen MR) is 75.8 cm³/mol. The van der Waals surface area contributed by atoms with E-state index in [9.17, 15) is 14.4 Å². The molecule has 0 bridgehead atoms. The number of nitrogens with two attached hydrogens (primary N) is 1. The molecule has 1 amide bonds. The lowest BCUT2D eigenvalue weighted by Crippen LogP contribution is -2.33. The largest absolute Gasteiger partial charge is 0.328 e. The van der Waals surface area contributed by atoms with Gasteiger partial charge in [0.05, 0.1) is 11.4 Å². The number of nitrogens with one attached hydrogen (secondary N) is 2. The minimum atomic E-state index is -0.502. The number of hydrogen-bond acceptors (Lipinski definition) is 5. The van der Waals surface area contributed by atoms with Crippen LogP contribution < -0.4 is 22.5 Å². The maximum atomic E-state index is 11.8. The molecule has 0 fully saturated rings. The standard InChI is InChI=1S/C12H14N4O3S/c1-2-7-5-16(12(19)14-10(7)17)6-8-3-4-20-9(8)11(18)15-13/h3-5H,2,6,13H2,1H3,(H,15,18)(H,14,17,19). The number of rotatable bonds is 4. The first-order chi connectivity index (χ1) is 9.56. The van der Waals surface area contributed by atoms with E-state index in [2.05, 4.69) is 10.4 Å². The van der Waals surface area contributed by atoms with Gasteiger partial charge in [-0.1, -0.05) is 6.92 Å². The van der Waals surface area contributed by atoms with E-state index in [4.69, 9.17) is 5.84 Å². The number of hydrogen-bond donors (Lipinski definition) is 3. The second-order valence-electron chi connectivity index (χ2n) is 4.14. The SMILES string of the molecule is CCc1cn(Cc2ccsc2C(=O)NN)c(=O)[nH]c1=O. The third-order valence-corrected chi connectivity index (χ3v) is 3.85. The number of amides is 1. The molecular formula is C12H14N4O3S. The van der Waals surface area contributed by atoms with Gasteiger partial charge in [0.25, 0.3) is 11.5 Å². The summed E-state index contributed by atoms with van der Waals surface area (Å²) in [6.07, 6.45) is 2.04. The number of aromatic amines is 1. The molecule has 20 heavy (non-hydrogen) atoms. The molecule has 0 saturated carbocycles. The molecule has 2 aromatic rings. The summed E-state index contributed by atoms with van der Waals surface area (Å²) in [6.45, 7) is 2.03. The molecule has 106 valence electrons. The molecule has 0 aliphatic heterocycles. The van der Waals surface area contributed by atoms with Gasteiger partial charge in [-0.15, -0.1) is 11.3 Å². The molecular weight excluding hydrogens is 280 g/mol. The van der Waals surface area contributed by atoms with Crippen molar-refractivity contribution in [3.63, 3.8) is 0 Å². The van der Waals surface area contributed by atoms with E-state index in [1.165, 1.54) is 22.1 Å². The van der Waals surface area contributed by atoms with Crippen LogP contribution in [0.3, 0.4) is 0 Å². The van der Waals surface area contributed by atoms with Gasteiger partial charge in [0.2, 0.25) is 0 Å². The third-order valence-electron chi connectivity index (χ3n) is 2.89. The van der Waals surface area contributed by atoms with E-state index in [1.54, 1.807) is 11.4 Å². The van der Waals surface area contributed by atoms with E-state index >= 15 is 0 Å². The highest BCUT2D eigenvalue weighted by molar-refractivity contribution is 7.12. The molecule has 0 saturated heterocycles. The van der Waals surface area contributed by atoms with Crippen molar-refractivity contribution in [1.82, 2.24) is 15.0 Å². The van der Waals surface area contributed by atoms with Gasteiger partial charge in [-0.2, -0.15) is 0 Å². The zero-order valence-corrected chi connectivity index (χ0v) is 11.6. The first kappa shape index (κ1) is 14.2. The fourth-order valence-electron chi connectivity index (χ4n) is 1.83. The summed E-state index contributed by atoms with van der Waals surface area (Å²) >= 11 is 1.24. The van der Waals surface area contributed by atoms with Crippen molar-refractivity contribution in [3.05, 3.63) is 54.5 Å². The lowest BCUT2D eigenvalue weighted by Gasteiger charge is -2.07. The molecule has 0 spiro atoms. The minimum Gasteiger partial charge on any atom is -0.296 e. The van der Waals surface area contributed by atoms with Crippen LogP contribution >= 0.6 is 11.3 Å². The van der Waals surface area contributed by atoms with Crippen LogP contribution in [0.5, 0.6) is 0 Å². The number of aryl methyl sites for hydroxylation is 1. The number of nitrogens with zero attached hydrogens (tertiary/aromatic N) is 1. The number of H-pyrrole nitrogens is 1. The molecule has 4 N–H and O–H groups in total. The number of aromatic nitrogens is 2. The highest BCUT2D eigenvalue weighted by atomic mass is 32.1. The molecule has 0 unspecified atom stereocenters. The Morgan fingerprint density at radius 3 is 2.85 bits per heavy atom. The highest BCUT2D eigenvalue weighted by Gasteiger charge is 2.13. The Bertz CT molecular complexity index is 744. The quantitative estimate of drug-likeness (QED) is 0.412. The summed E-state index contributed by atoms with van der Waals surface area (Å²) in [4.78, 5) is 37.6. The molecule has 2 heterocycles. The maximum Gasteiger partial charge on any atom is 0.328 e. The highest BCUT2D eigenvalue weighted by Crippen LogP contribution is 2.17. The van der Waals surface area contributed by atoms with Crippen LogP contribution in [-0.2, 0) is 13.0 Å². The van der Waals surface area contributed by atoms with E-state index in [-0.39, 0.29) is 12.1 Å². The molecule has 0 aliphatic carbocycles. The van der Waals surface area contributed by atoms with Gasteiger partial charge < -0.3 is 0 Å². The fourth-order valence-corrected chi connectivity index (χ4v) is 2.65. The Balaban J connectivity index is 2.41. The zero-order chi connectivity index (χ0) is 14.7. The molecule has 0 radical (unpaired) electrons. The summed E-state index contributed by atoms with van der Waals surface area (Å²) in [5.74, 6) is 4.71. The molecule has 7 nitrogen and oxygen atoms in total. The Kier molecular flexibility index (Phi) is 4.16. The van der Waals surface area contributed by atoms with Crippen LogP contribution in [0.2, 0.25) is 0 Å². The van der Waals surface area contributed by atoms with Crippen LogP contribution in [0, 0.1) is 0 Å². The number of carbonyl (C=O) groups is 1. The van der Waals surface area contributed by atoms with Gasteiger partial charge in [0, 0.05) is 11.8 Å². The van der Waals surface area contributed by atoms with E-state index in [0.29, 0.717) is 22.4 Å². The number of carbonyl (C=O) groups excluding carboxylic acids is 1. The Morgan fingerprint density at radius 1 is 1.45 bits per heavy atom. The fraction of sp³-hybridized carbons (Fsp3) is 0.250. The van der Waals surface area contributed by atoms with Crippen molar-refractivity contribution >= 4 is 17.2 Å². The Labute approximate surface area is 118 Å². The molecule has 0 atom stereocenters. The van der Waals surface area contributed by atoms with Crippen LogP contribution in [0.15, 0.2) is 27.2 Å². The van der Waals surface area contributed by atoms with Crippen molar-refractivity contribution in [2.45, 2.75) is 19.9 Å². The third kappa shape index (κ3) is 2.70. The van der Waals surface area contributed by atoms with Crippen LogP contribution in [0.4, 0.5) is 0 Å². The molecule has 8 heteroatoms. The molecule has 2 aromatic heterocycles. The summed E-state index contributed by atoms with van der Waals surface area (Å²) in [5, 5.41) is 1.75. The molecule has 0 aromatic carbocycles. The van der Waals surface area contributed by atoms with Gasteiger partial charge in [0.15, 0.2) is 0 Å². The summed E-state index contributed by atoms with van der Waals surface area (Å²) in [5.41, 5.74) is 2.38. The van der Waals surface area contributed by atoms with E-state index < -0.39 is 11.6 Å². The van der Waals surface area contributed by atoms with Gasteiger partial charge in [-0.05, 0) is 23.4 Å². The first-order valence-electron chi connectivity index (χ1n) is 5.96. The average Bonchev–Trinajstić information content (AvgIpc) is 2.89. The predicted octanol–water partition coefficient (Wildman–Crippen LogP) is -0.188. The summed E-state index contributed by atoms with van der Waals surface area (Å²) in [6, 6.07) is 1.75. The second-order valence-corrected chi connectivity index (χ2v) is 5.06. The minimum absolute atomic E-state index is 0.203. The van der Waals surface area contributed by atoms with Crippen molar-refractivity contribution in [2.24, 2.45) is 5.84 Å². The molecule has 2 rings (SSSR count). The smallest absolute Gasteiger partial charge is 0.296 e. The second kappa shape index (κ2) is 5.85. The first-order valence-corrected chi connectivity index (χ1v) is 6.84. The van der Waals surface area contributed by atoms with Crippen LogP contribution in [0.1, 0.15) is 27.7 Å². The molecule has 0 aliphatic rings. The van der Waals surface area contributed by atoms with Crippen molar-refractivity contribution in [3.8, 4) is 0 Å². The van der Waals surface area contributed by atoms with Crippen LogP contribution in [-0.4, -0.2) is 15.5 Å². The Morgan fingerprint density at radius 2 is 2.20 bits per heavy atom. The summed E-state index contributed by atoms with van der Waals surface area (Å²) < 4.78 is 1.37. The van der Waals surface area contributed by atoms with Gasteiger partial charge in [-0.3, -0.25) is 24.6 Å². The van der Waals surface area contributed by atoms with Crippen molar-refractivity contribution < 1.29 is 4.79 Å². The normalized spacial score (nSPS) is 10.5. The van der Waals surface area contributed by atoms with Gasteiger partial charge >= 0.3 is 5.69 Å².